The maximum absolute atomic E-state index is 13.3. The molecule has 0 spiro atoms. The summed E-state index contributed by atoms with van der Waals surface area (Å²) in [6.45, 7) is 34.4. The lowest BCUT2D eigenvalue weighted by Crippen LogP contribution is -2.41. The van der Waals surface area contributed by atoms with Crippen molar-refractivity contribution in [2.45, 2.75) is 191 Å². The molecule has 0 radical (unpaired) electrons. The first-order valence-electron chi connectivity index (χ1n) is 44.0. The number of carbonyl (C=O) groups excluding carboxylic acids is 4. The Labute approximate surface area is 791 Å². The van der Waals surface area contributed by atoms with E-state index in [1.54, 1.807) is 80.1 Å². The second-order valence-electron chi connectivity index (χ2n) is 36.6. The molecule has 11 aromatic rings. The topological polar surface area (TPSA) is 423 Å². The largest absolute Gasteiger partial charge is 0.478 e. The van der Waals surface area contributed by atoms with Gasteiger partial charge in [-0.05, 0) is 239 Å². The third-order valence-electron chi connectivity index (χ3n) is 23.4. The fourth-order valence-electron chi connectivity index (χ4n) is 17.4. The number of carbonyl (C=O) groups is 4. The van der Waals surface area contributed by atoms with Gasteiger partial charge < -0.3 is 39.5 Å². The summed E-state index contributed by atoms with van der Waals surface area (Å²) >= 11 is 0. The van der Waals surface area contributed by atoms with Gasteiger partial charge in [0.05, 0.1) is 40.1 Å². The average Bonchev–Trinajstić information content (AvgIpc) is 1.68. The first-order chi connectivity index (χ1) is 63.9. The zero-order valence-electron chi connectivity index (χ0n) is 78.1. The van der Waals surface area contributed by atoms with E-state index in [1.165, 1.54) is 78.9 Å². The monoisotopic (exact) mass is 1940 g/mol. The number of nitrogen functional groups attached to an aromatic ring is 1. The number of nitrogens with one attached hydrogen (secondary N) is 4. The van der Waals surface area contributed by atoms with Gasteiger partial charge in [0.15, 0.2) is 20.1 Å². The Morgan fingerprint density at radius 2 is 0.721 bits per heavy atom. The van der Waals surface area contributed by atoms with Crippen molar-refractivity contribution in [2.75, 3.05) is 58.1 Å². The van der Waals surface area contributed by atoms with E-state index in [9.17, 15) is 66.0 Å². The molecule has 8 aromatic heterocycles. The van der Waals surface area contributed by atoms with Gasteiger partial charge in [0.25, 0.3) is 63.7 Å². The molecular weight excluding hydrogens is 1830 g/mol. The SMILES string of the molecule is CC1CN(c2ncccc2C(=O)NS(=O)(=O)c2cccc(OCc3ccc(C(F)(F)F)cc3)n2)C(C)(C)C1.CC1CN(c2ncccc2C(=O)NS(=O)(=O)c2cccc(OCc3ccccc3)n2)C(C)(C)C1.CCOc1cccc(S(=O)(=O)NC(=O)c2cccnc2N2CC(C)CC2(C)C)n1.Cc1cccc(-c2ccc(C(=O)NS(=O)(=O)c3cccc(N)n3)c(N3C[C@@H](C)CC3(C)C)n2)c1C. The molecule has 4 saturated heterocycles. The fraction of sp³-hybridized carbons (Fsp3) is 0.361. The van der Waals surface area contributed by atoms with Crippen LogP contribution in [0.15, 0.2) is 233 Å². The van der Waals surface area contributed by atoms with Crippen LogP contribution in [0.1, 0.15) is 185 Å². The molecular formula is C97H112F3N17O15S4. The van der Waals surface area contributed by atoms with Crippen molar-refractivity contribution in [3.8, 4) is 28.9 Å². The molecule has 136 heavy (non-hydrogen) atoms. The van der Waals surface area contributed by atoms with E-state index in [4.69, 9.17) is 24.9 Å². The number of rotatable bonds is 25. The normalized spacial score (nSPS) is 17.6. The van der Waals surface area contributed by atoms with Crippen molar-refractivity contribution in [1.29, 1.82) is 0 Å². The maximum Gasteiger partial charge on any atom is 0.416 e. The van der Waals surface area contributed by atoms with Crippen LogP contribution < -0.4 is 58.4 Å². The maximum atomic E-state index is 13.3. The second-order valence-corrected chi connectivity index (χ2v) is 43.2. The van der Waals surface area contributed by atoms with Crippen LogP contribution in [0.4, 0.5) is 42.3 Å². The van der Waals surface area contributed by atoms with Crippen LogP contribution in [-0.4, -0.2) is 152 Å². The summed E-state index contributed by atoms with van der Waals surface area (Å²) in [5.74, 6) is 0.647. The number of nitrogens with zero attached hydrogens (tertiary/aromatic N) is 12. The number of ether oxygens (including phenoxy) is 3. The number of aryl methyl sites for hydroxylation is 1. The van der Waals surface area contributed by atoms with E-state index >= 15 is 0 Å². The number of pyridine rings is 8. The van der Waals surface area contributed by atoms with Crippen molar-refractivity contribution in [3.63, 3.8) is 0 Å². The Kier molecular flexibility index (Phi) is 31.0. The standard InChI is InChI=1S/C26H27F3N4O4S.C26H31N5O3S.C25H28N4O4S.C20H26N4O4S/c1-17-14-25(2,3)33(15-17)23-20(6-5-13-30-23)24(34)32-38(35,36)22-8-4-7-21(31-22)37-16-18-9-11-19(12-10-18)26(27,28)29;1-16-14-26(4,5)31(15-16)24-20(12-13-21(28-24)19-9-6-8-17(2)18(19)3)25(32)30-35(33,34)23-11-7-10-22(27)29-23;1-18-15-25(2,3)29(16-18)23-20(11-8-14-26-23)24(30)28-34(31,32)22-13-7-12-21(27-22)33-17-19-9-5-4-6-10-19;1-5-28-16-9-6-10-17(22-16)29(26,27)23-19(25)15-8-7-11-21-18(15)24-13-14(2)12-20(24,3)4/h4-13,17H,14-16H2,1-3H3,(H,32,34);6-13,16H,14-15H2,1-5H3,(H2,27,29)(H,30,32);4-14,18H,15-17H2,1-3H3,(H,28,30);6-11,14H,5,12-13H2,1-4H3,(H,23,25)/t;16-;;/m.0../s1. The van der Waals surface area contributed by atoms with Crippen LogP contribution in [0, 0.1) is 37.5 Å². The molecule has 32 nitrogen and oxygen atoms in total. The third-order valence-corrected chi connectivity index (χ3v) is 28.4. The Balaban J connectivity index is 0.000000164. The zero-order valence-corrected chi connectivity index (χ0v) is 81.4. The number of aromatic nitrogens is 8. The summed E-state index contributed by atoms with van der Waals surface area (Å²) < 4.78 is 166. The molecule has 0 aliphatic carbocycles. The molecule has 720 valence electrons. The number of nitrogens with two attached hydrogens (primary N) is 1. The molecule has 4 fully saturated rings. The third kappa shape index (κ3) is 24.9. The highest BCUT2D eigenvalue weighted by atomic mass is 32.2. The highest BCUT2D eigenvalue weighted by molar-refractivity contribution is 7.90. The molecule has 6 N–H and O–H groups in total. The predicted octanol–water partition coefficient (Wildman–Crippen LogP) is 15.3. The minimum atomic E-state index is -4.45. The smallest absolute Gasteiger partial charge is 0.416 e. The van der Waals surface area contributed by atoms with Gasteiger partial charge in [-0.1, -0.05) is 113 Å². The number of anilines is 5. The summed E-state index contributed by atoms with van der Waals surface area (Å²) in [4.78, 5) is 94.6. The highest BCUT2D eigenvalue weighted by Crippen LogP contribution is 2.43. The Morgan fingerprint density at radius 1 is 0.390 bits per heavy atom. The summed E-state index contributed by atoms with van der Waals surface area (Å²) in [7, 11) is -17.0. The van der Waals surface area contributed by atoms with E-state index in [1.807, 2.05) is 81.1 Å². The van der Waals surface area contributed by atoms with Gasteiger partial charge in [0, 0.05) is 90.7 Å². The van der Waals surface area contributed by atoms with Gasteiger partial charge >= 0.3 is 6.18 Å². The molecule has 4 amide bonds. The Hall–Kier alpha value is -13.3. The van der Waals surface area contributed by atoms with Gasteiger partial charge in [-0.2, -0.15) is 61.8 Å². The number of alkyl halides is 3. The molecule has 12 heterocycles. The lowest BCUT2D eigenvalue weighted by atomic mass is 9.97. The highest BCUT2D eigenvalue weighted by Gasteiger charge is 2.44. The van der Waals surface area contributed by atoms with Gasteiger partial charge in [-0.25, -0.2) is 43.8 Å². The molecule has 0 saturated carbocycles. The minimum Gasteiger partial charge on any atom is -0.478 e. The number of halogens is 3. The van der Waals surface area contributed by atoms with Gasteiger partial charge in [0.1, 0.15) is 42.3 Å². The minimum absolute atomic E-state index is 0.0494. The van der Waals surface area contributed by atoms with Crippen LogP contribution in [-0.2, 0) is 59.5 Å². The summed E-state index contributed by atoms with van der Waals surface area (Å²) in [5, 5.41) is -1.34. The molecule has 4 aliphatic heterocycles. The summed E-state index contributed by atoms with van der Waals surface area (Å²) in [6.07, 6.45) is 4.04. The number of hydrogen-bond acceptors (Lipinski definition) is 28. The Bertz CT molecular complexity index is 6710. The second kappa shape index (κ2) is 41.5. The number of hydrogen-bond donors (Lipinski definition) is 5. The molecule has 39 heteroatoms. The fourth-order valence-corrected chi connectivity index (χ4v) is 21.1. The van der Waals surface area contributed by atoms with Crippen molar-refractivity contribution < 1.29 is 80.2 Å². The van der Waals surface area contributed by atoms with Crippen LogP contribution in [0.2, 0.25) is 0 Å². The van der Waals surface area contributed by atoms with Crippen molar-refractivity contribution in [3.05, 3.63) is 263 Å². The summed E-state index contributed by atoms with van der Waals surface area (Å²) in [6, 6.07) is 49.8. The van der Waals surface area contributed by atoms with E-state index in [0.29, 0.717) is 72.2 Å². The number of sulfonamides is 4. The van der Waals surface area contributed by atoms with E-state index < -0.39 is 80.5 Å². The first kappa shape index (κ1) is 102. The predicted molar refractivity (Wildman–Crippen MR) is 510 cm³/mol. The molecule has 15 rings (SSSR count). The quantitative estimate of drug-likeness (QED) is 0.0355. The van der Waals surface area contributed by atoms with Gasteiger partial charge in [-0.15, -0.1) is 0 Å². The van der Waals surface area contributed by atoms with Crippen LogP contribution in [0.3, 0.4) is 0 Å². The molecule has 4 atom stereocenters. The van der Waals surface area contributed by atoms with Crippen molar-refractivity contribution >= 4 is 92.8 Å². The van der Waals surface area contributed by atoms with Crippen molar-refractivity contribution in [2.24, 2.45) is 23.7 Å². The molecule has 3 aromatic carbocycles. The lowest BCUT2D eigenvalue weighted by Gasteiger charge is -2.34. The van der Waals surface area contributed by atoms with E-state index in [2.05, 4.69) is 138 Å². The van der Waals surface area contributed by atoms with E-state index in [0.717, 1.165) is 78.9 Å². The summed E-state index contributed by atoms with van der Waals surface area (Å²) in [5.41, 5.74) is 9.97. The van der Waals surface area contributed by atoms with Crippen LogP contribution >= 0.6 is 0 Å². The Morgan fingerprint density at radius 3 is 1.07 bits per heavy atom. The number of benzene rings is 3. The van der Waals surface area contributed by atoms with Crippen LogP contribution in [0.25, 0.3) is 11.3 Å². The zero-order chi connectivity index (χ0) is 98.8. The van der Waals surface area contributed by atoms with Crippen LogP contribution in [0.5, 0.6) is 17.6 Å². The molecule has 3 unspecified atom stereocenters. The lowest BCUT2D eigenvalue weighted by molar-refractivity contribution is -0.137. The van der Waals surface area contributed by atoms with Gasteiger partial charge in [0.2, 0.25) is 17.6 Å². The number of amides is 4. The van der Waals surface area contributed by atoms with E-state index in [-0.39, 0.29) is 96.2 Å². The first-order valence-corrected chi connectivity index (χ1v) is 49.9. The van der Waals surface area contributed by atoms with Gasteiger partial charge in [-0.3, -0.25) is 19.2 Å². The van der Waals surface area contributed by atoms with Crippen molar-refractivity contribution in [1.82, 2.24) is 58.8 Å². The average molecular weight is 1940 g/mol. The molecule has 0 bridgehead atoms. The molecule has 4 aliphatic rings.